The maximum absolute atomic E-state index is 12.5. The maximum atomic E-state index is 12.5. The molecule has 2 amide bonds. The number of aromatic nitrogens is 4. The van der Waals surface area contributed by atoms with E-state index in [2.05, 4.69) is 20.5 Å². The molecule has 1 fully saturated rings. The molecule has 8 nitrogen and oxygen atoms in total. The normalized spacial score (nSPS) is 14.1. The molecular formula is C19H20N6O2S. The summed E-state index contributed by atoms with van der Waals surface area (Å²) in [5.41, 5.74) is 2.97. The standard InChI is InChI=1S/C19H20N6O2S/c1-12-10-16-22-23-19(25(16)13(2)20-12)28-11-17(26)21-14-6-3-4-7-15(14)24-9-5-8-18(24)27/h3-4,6-7,10H,5,8-9,11H2,1-2H3,(H,21,26). The number of benzene rings is 1. The Labute approximate surface area is 166 Å². The summed E-state index contributed by atoms with van der Waals surface area (Å²) in [4.78, 5) is 30.7. The molecule has 28 heavy (non-hydrogen) atoms. The Morgan fingerprint density at radius 2 is 2.07 bits per heavy atom. The summed E-state index contributed by atoms with van der Waals surface area (Å²) in [6, 6.07) is 9.23. The largest absolute Gasteiger partial charge is 0.324 e. The molecule has 0 radical (unpaired) electrons. The first-order valence-corrected chi connectivity index (χ1v) is 10.0. The van der Waals surface area contributed by atoms with Crippen LogP contribution in [0.2, 0.25) is 0 Å². The van der Waals surface area contributed by atoms with Crippen LogP contribution in [0.1, 0.15) is 24.4 Å². The lowest BCUT2D eigenvalue weighted by Gasteiger charge is -2.19. The average molecular weight is 396 g/mol. The van der Waals surface area contributed by atoms with Gasteiger partial charge in [0, 0.05) is 24.7 Å². The lowest BCUT2D eigenvalue weighted by Crippen LogP contribution is -2.26. The molecular weight excluding hydrogens is 376 g/mol. The Bertz CT molecular complexity index is 1060. The van der Waals surface area contributed by atoms with Gasteiger partial charge in [-0.2, -0.15) is 0 Å². The van der Waals surface area contributed by atoms with E-state index >= 15 is 0 Å². The van der Waals surface area contributed by atoms with Crippen LogP contribution in [0, 0.1) is 13.8 Å². The number of anilines is 2. The summed E-state index contributed by atoms with van der Waals surface area (Å²) >= 11 is 1.30. The molecule has 3 aromatic rings. The van der Waals surface area contributed by atoms with Crippen molar-refractivity contribution < 1.29 is 9.59 Å². The van der Waals surface area contributed by atoms with Gasteiger partial charge in [0.2, 0.25) is 11.8 Å². The Morgan fingerprint density at radius 3 is 2.86 bits per heavy atom. The number of fused-ring (bicyclic) bond motifs is 1. The molecule has 2 aromatic heterocycles. The predicted octanol–water partition coefficient (Wildman–Crippen LogP) is 2.60. The van der Waals surface area contributed by atoms with Crippen LogP contribution < -0.4 is 10.2 Å². The second-order valence-electron chi connectivity index (χ2n) is 6.62. The van der Waals surface area contributed by atoms with Crippen molar-refractivity contribution in [1.82, 2.24) is 19.6 Å². The third kappa shape index (κ3) is 3.57. The molecule has 0 bridgehead atoms. The molecule has 144 valence electrons. The summed E-state index contributed by atoms with van der Waals surface area (Å²) in [6.45, 7) is 4.47. The number of hydrogen-bond donors (Lipinski definition) is 1. The van der Waals surface area contributed by atoms with E-state index in [1.807, 2.05) is 48.6 Å². The monoisotopic (exact) mass is 396 g/mol. The Kier molecular flexibility index (Phi) is 4.99. The van der Waals surface area contributed by atoms with Crippen LogP contribution in [0.3, 0.4) is 0 Å². The van der Waals surface area contributed by atoms with E-state index in [1.165, 1.54) is 11.8 Å². The summed E-state index contributed by atoms with van der Waals surface area (Å²) in [6.07, 6.45) is 1.38. The van der Waals surface area contributed by atoms with Crippen LogP contribution in [-0.4, -0.2) is 43.7 Å². The zero-order chi connectivity index (χ0) is 19.7. The van der Waals surface area contributed by atoms with E-state index in [-0.39, 0.29) is 17.6 Å². The van der Waals surface area contributed by atoms with Crippen molar-refractivity contribution >= 4 is 40.6 Å². The van der Waals surface area contributed by atoms with Crippen molar-refractivity contribution in [2.45, 2.75) is 31.8 Å². The smallest absolute Gasteiger partial charge is 0.234 e. The first-order valence-electron chi connectivity index (χ1n) is 9.04. The van der Waals surface area contributed by atoms with E-state index in [4.69, 9.17) is 0 Å². The Balaban J connectivity index is 1.47. The highest BCUT2D eigenvalue weighted by molar-refractivity contribution is 7.99. The minimum Gasteiger partial charge on any atom is -0.324 e. The van der Waals surface area contributed by atoms with Crippen molar-refractivity contribution in [3.8, 4) is 0 Å². The highest BCUT2D eigenvalue weighted by Gasteiger charge is 2.24. The summed E-state index contributed by atoms with van der Waals surface area (Å²) in [5.74, 6) is 0.875. The topological polar surface area (TPSA) is 92.5 Å². The second kappa shape index (κ2) is 7.59. The number of para-hydroxylation sites is 2. The fourth-order valence-corrected chi connectivity index (χ4v) is 4.12. The van der Waals surface area contributed by atoms with Gasteiger partial charge in [-0.15, -0.1) is 10.2 Å². The highest BCUT2D eigenvalue weighted by Crippen LogP contribution is 2.29. The zero-order valence-corrected chi connectivity index (χ0v) is 16.5. The van der Waals surface area contributed by atoms with E-state index in [0.717, 1.165) is 23.6 Å². The predicted molar refractivity (Wildman–Crippen MR) is 108 cm³/mol. The van der Waals surface area contributed by atoms with Crippen molar-refractivity contribution in [3.63, 3.8) is 0 Å². The Morgan fingerprint density at radius 1 is 1.25 bits per heavy atom. The quantitative estimate of drug-likeness (QED) is 0.667. The van der Waals surface area contributed by atoms with Gasteiger partial charge in [0.1, 0.15) is 5.82 Å². The zero-order valence-electron chi connectivity index (χ0n) is 15.7. The number of rotatable bonds is 5. The fourth-order valence-electron chi connectivity index (χ4n) is 3.33. The van der Waals surface area contributed by atoms with Gasteiger partial charge in [-0.05, 0) is 32.4 Å². The summed E-state index contributed by atoms with van der Waals surface area (Å²) < 4.78 is 1.84. The van der Waals surface area contributed by atoms with Gasteiger partial charge in [0.15, 0.2) is 10.8 Å². The van der Waals surface area contributed by atoms with Gasteiger partial charge in [0.05, 0.1) is 17.1 Å². The lowest BCUT2D eigenvalue weighted by atomic mass is 10.2. The SMILES string of the molecule is Cc1cc2nnc(SCC(=O)Nc3ccccc3N3CCCC3=O)n2c(C)n1. The van der Waals surface area contributed by atoms with Gasteiger partial charge in [-0.3, -0.25) is 14.0 Å². The number of amides is 2. The lowest BCUT2D eigenvalue weighted by molar-refractivity contribution is -0.117. The minimum absolute atomic E-state index is 0.0873. The molecule has 1 aliphatic rings. The van der Waals surface area contributed by atoms with Crippen LogP contribution in [0.5, 0.6) is 0 Å². The molecule has 0 saturated carbocycles. The molecule has 1 N–H and O–H groups in total. The minimum atomic E-state index is -0.168. The fraction of sp³-hybridized carbons (Fsp3) is 0.316. The van der Waals surface area contributed by atoms with Gasteiger partial charge < -0.3 is 10.2 Å². The highest BCUT2D eigenvalue weighted by atomic mass is 32.2. The molecule has 1 saturated heterocycles. The average Bonchev–Trinajstić information content (AvgIpc) is 3.26. The number of carbonyl (C=O) groups is 2. The molecule has 1 aliphatic heterocycles. The number of aryl methyl sites for hydroxylation is 2. The molecule has 0 aliphatic carbocycles. The van der Waals surface area contributed by atoms with Crippen molar-refractivity contribution in [1.29, 1.82) is 0 Å². The van der Waals surface area contributed by atoms with Crippen LogP contribution in [0.15, 0.2) is 35.5 Å². The maximum Gasteiger partial charge on any atom is 0.234 e. The van der Waals surface area contributed by atoms with Gasteiger partial charge in [-0.25, -0.2) is 4.98 Å². The van der Waals surface area contributed by atoms with Crippen LogP contribution in [0.25, 0.3) is 5.65 Å². The van der Waals surface area contributed by atoms with E-state index in [9.17, 15) is 9.59 Å². The van der Waals surface area contributed by atoms with Crippen molar-refractivity contribution in [3.05, 3.63) is 41.9 Å². The van der Waals surface area contributed by atoms with Crippen LogP contribution in [0.4, 0.5) is 11.4 Å². The molecule has 0 spiro atoms. The molecule has 3 heterocycles. The van der Waals surface area contributed by atoms with E-state index in [1.54, 1.807) is 4.90 Å². The summed E-state index contributed by atoms with van der Waals surface area (Å²) in [5, 5.41) is 11.9. The van der Waals surface area contributed by atoms with Gasteiger partial charge >= 0.3 is 0 Å². The number of nitrogens with one attached hydrogen (secondary N) is 1. The third-order valence-corrected chi connectivity index (χ3v) is 5.46. The molecule has 9 heteroatoms. The molecule has 1 aromatic carbocycles. The first kappa shape index (κ1) is 18.4. The first-order chi connectivity index (χ1) is 13.5. The van der Waals surface area contributed by atoms with Crippen LogP contribution in [-0.2, 0) is 9.59 Å². The van der Waals surface area contributed by atoms with E-state index in [0.29, 0.717) is 29.5 Å². The number of hydrogen-bond acceptors (Lipinski definition) is 6. The van der Waals surface area contributed by atoms with Crippen LogP contribution >= 0.6 is 11.8 Å². The van der Waals surface area contributed by atoms with E-state index < -0.39 is 0 Å². The van der Waals surface area contributed by atoms with Crippen molar-refractivity contribution in [2.24, 2.45) is 0 Å². The van der Waals surface area contributed by atoms with Gasteiger partial charge in [0.25, 0.3) is 0 Å². The number of nitrogens with zero attached hydrogens (tertiary/aromatic N) is 5. The Hall–Kier alpha value is -2.94. The van der Waals surface area contributed by atoms with Gasteiger partial charge in [-0.1, -0.05) is 23.9 Å². The van der Waals surface area contributed by atoms with Crippen molar-refractivity contribution in [2.75, 3.05) is 22.5 Å². The third-order valence-electron chi connectivity index (χ3n) is 4.53. The summed E-state index contributed by atoms with van der Waals surface area (Å²) in [7, 11) is 0. The number of carbonyl (C=O) groups excluding carboxylic acids is 2. The second-order valence-corrected chi connectivity index (χ2v) is 7.57. The molecule has 4 rings (SSSR count). The molecule has 0 unspecified atom stereocenters. The molecule has 0 atom stereocenters. The number of thioether (sulfide) groups is 1.